The van der Waals surface area contributed by atoms with Gasteiger partial charge in [-0.05, 0) is 48.7 Å². The van der Waals surface area contributed by atoms with Gasteiger partial charge in [0.2, 0.25) is 5.91 Å². The summed E-state index contributed by atoms with van der Waals surface area (Å²) in [6.45, 7) is 2.64. The third-order valence-electron chi connectivity index (χ3n) is 5.93. The Morgan fingerprint density at radius 3 is 2.58 bits per heavy atom. The van der Waals surface area contributed by atoms with Crippen LogP contribution in [0.5, 0.6) is 0 Å². The van der Waals surface area contributed by atoms with Crippen LogP contribution < -0.4 is 5.32 Å². The Hall–Kier alpha value is -1.91. The number of amides is 1. The van der Waals surface area contributed by atoms with Crippen molar-refractivity contribution < 1.29 is 22.3 Å². The zero-order valence-corrected chi connectivity index (χ0v) is 18.9. The Morgan fingerprint density at radius 1 is 1.10 bits per heavy atom. The van der Waals surface area contributed by atoms with Crippen LogP contribution in [-0.2, 0) is 21.2 Å². The van der Waals surface area contributed by atoms with Crippen LogP contribution in [0.3, 0.4) is 0 Å². The molecule has 31 heavy (non-hydrogen) atoms. The maximum atomic E-state index is 13.3. The lowest BCUT2D eigenvalue weighted by atomic mass is 10.0. The Kier molecular flexibility index (Phi) is 6.41. The minimum Gasteiger partial charge on any atom is -0.343 e. The Bertz CT molecular complexity index is 1060. The number of carbonyl (C=O) groups excluding carboxylic acids is 1. The summed E-state index contributed by atoms with van der Waals surface area (Å²) in [5, 5.41) is 2.33. The maximum absolute atomic E-state index is 13.3. The van der Waals surface area contributed by atoms with E-state index in [0.717, 1.165) is 24.9 Å². The van der Waals surface area contributed by atoms with Gasteiger partial charge in [-0.1, -0.05) is 30.3 Å². The average molecular weight is 465 g/mol. The van der Waals surface area contributed by atoms with E-state index in [4.69, 9.17) is 0 Å². The first-order chi connectivity index (χ1) is 14.8. The highest BCUT2D eigenvalue weighted by atomic mass is 32.3. The number of carbonyl (C=O) groups is 1. The topological polar surface area (TPSA) is 107 Å². The molecule has 7 nitrogen and oxygen atoms in total. The molecule has 3 N–H and O–H groups in total. The molecule has 9 heteroatoms. The van der Waals surface area contributed by atoms with Crippen molar-refractivity contribution in [3.05, 3.63) is 59.7 Å². The van der Waals surface area contributed by atoms with E-state index < -0.39 is 25.7 Å². The van der Waals surface area contributed by atoms with E-state index >= 15 is 0 Å². The third kappa shape index (κ3) is 4.51. The molecule has 1 saturated heterocycles. The maximum Gasteiger partial charge on any atom is 0.222 e. The molecule has 1 unspecified atom stereocenters. The molecule has 2 aliphatic heterocycles. The monoisotopic (exact) mass is 464 g/mol. The van der Waals surface area contributed by atoms with Crippen LogP contribution in [0.25, 0.3) is 0 Å². The SMILES string of the molecule is O=C1CCCN1CCCNCc1cccc2c1C(S(=O)(=O)c1ccccc1)CS2(O)O. The van der Waals surface area contributed by atoms with Gasteiger partial charge in [0.05, 0.1) is 15.5 Å². The van der Waals surface area contributed by atoms with Crippen molar-refractivity contribution in [2.45, 2.75) is 40.8 Å². The van der Waals surface area contributed by atoms with Crippen LogP contribution in [-0.4, -0.2) is 53.7 Å². The third-order valence-corrected chi connectivity index (χ3v) is 10.1. The van der Waals surface area contributed by atoms with E-state index in [1.165, 1.54) is 0 Å². The number of likely N-dealkylation sites (tertiary alicyclic amines) is 1. The molecule has 0 radical (unpaired) electrons. The molecule has 0 bridgehead atoms. The van der Waals surface area contributed by atoms with Crippen molar-refractivity contribution in [2.24, 2.45) is 0 Å². The fourth-order valence-electron chi connectivity index (χ4n) is 4.36. The summed E-state index contributed by atoms with van der Waals surface area (Å²) in [6.07, 6.45) is 2.36. The number of hydrogen-bond acceptors (Lipinski definition) is 6. The molecular formula is C22H28N2O5S2. The first-order valence-corrected chi connectivity index (χ1v) is 13.7. The van der Waals surface area contributed by atoms with Gasteiger partial charge >= 0.3 is 0 Å². The van der Waals surface area contributed by atoms with Gasteiger partial charge in [0, 0.05) is 26.1 Å². The normalized spacial score (nSPS) is 21.3. The number of nitrogens with one attached hydrogen (secondary N) is 1. The van der Waals surface area contributed by atoms with Gasteiger partial charge < -0.3 is 10.2 Å². The summed E-state index contributed by atoms with van der Waals surface area (Å²) in [6, 6.07) is 13.4. The lowest BCUT2D eigenvalue weighted by molar-refractivity contribution is -0.127. The fourth-order valence-corrected chi connectivity index (χ4v) is 8.86. The highest BCUT2D eigenvalue weighted by Gasteiger charge is 2.44. The summed E-state index contributed by atoms with van der Waals surface area (Å²) in [5.74, 6) is -0.00626. The first kappa shape index (κ1) is 22.3. The first-order valence-electron chi connectivity index (χ1n) is 10.5. The molecule has 2 heterocycles. The summed E-state index contributed by atoms with van der Waals surface area (Å²) in [7, 11) is -6.94. The van der Waals surface area contributed by atoms with Crippen molar-refractivity contribution in [1.29, 1.82) is 0 Å². The smallest absolute Gasteiger partial charge is 0.222 e. The summed E-state index contributed by atoms with van der Waals surface area (Å²) in [5.41, 5.74) is 1.27. The number of benzene rings is 2. The largest absolute Gasteiger partial charge is 0.343 e. The van der Waals surface area contributed by atoms with Gasteiger partial charge in [-0.15, -0.1) is 0 Å². The number of fused-ring (bicyclic) bond motifs is 1. The lowest BCUT2D eigenvalue weighted by Gasteiger charge is -2.27. The van der Waals surface area contributed by atoms with Crippen molar-refractivity contribution in [1.82, 2.24) is 10.2 Å². The van der Waals surface area contributed by atoms with Gasteiger partial charge in [-0.25, -0.2) is 8.42 Å². The second-order valence-corrected chi connectivity index (χ2v) is 12.3. The van der Waals surface area contributed by atoms with Crippen LogP contribution in [0.2, 0.25) is 0 Å². The highest BCUT2D eigenvalue weighted by Crippen LogP contribution is 2.62. The summed E-state index contributed by atoms with van der Waals surface area (Å²) < 4.78 is 47.9. The van der Waals surface area contributed by atoms with Gasteiger partial charge in [-0.2, -0.15) is 10.6 Å². The fraction of sp³-hybridized carbons (Fsp3) is 0.409. The van der Waals surface area contributed by atoms with Gasteiger partial charge in [0.15, 0.2) is 9.84 Å². The molecule has 0 spiro atoms. The predicted octanol–water partition coefficient (Wildman–Crippen LogP) is 3.43. The van der Waals surface area contributed by atoms with E-state index in [1.54, 1.807) is 42.5 Å². The van der Waals surface area contributed by atoms with E-state index in [1.807, 2.05) is 11.0 Å². The molecule has 1 amide bonds. The summed E-state index contributed by atoms with van der Waals surface area (Å²) >= 11 is 0. The molecule has 168 valence electrons. The minimum absolute atomic E-state index is 0.182. The number of nitrogens with zero attached hydrogens (tertiary/aromatic N) is 1. The Labute approximate surface area is 184 Å². The molecule has 2 aliphatic rings. The van der Waals surface area contributed by atoms with Crippen molar-refractivity contribution in [3.8, 4) is 0 Å². The molecule has 1 fully saturated rings. The molecular weight excluding hydrogens is 436 g/mol. The molecule has 2 aromatic carbocycles. The van der Waals surface area contributed by atoms with E-state index in [-0.39, 0.29) is 16.6 Å². The van der Waals surface area contributed by atoms with Gasteiger partial charge in [0.1, 0.15) is 5.25 Å². The molecule has 4 rings (SSSR count). The predicted molar refractivity (Wildman–Crippen MR) is 121 cm³/mol. The standard InChI is InChI=1S/C22H28N2O5S2/c25-21-11-5-13-24(21)14-6-12-23-15-17-7-4-10-19-22(17)20(16-30(19,26)27)31(28,29)18-8-2-1-3-9-18/h1-4,7-10,20,23,26-27H,5-6,11-16H2. The van der Waals surface area contributed by atoms with E-state index in [9.17, 15) is 22.3 Å². The molecule has 2 aromatic rings. The van der Waals surface area contributed by atoms with Crippen LogP contribution >= 0.6 is 10.6 Å². The molecule has 0 saturated carbocycles. The van der Waals surface area contributed by atoms with Crippen LogP contribution in [0, 0.1) is 0 Å². The average Bonchev–Trinajstić information content (AvgIpc) is 3.29. The second kappa shape index (κ2) is 8.91. The van der Waals surface area contributed by atoms with Crippen LogP contribution in [0.1, 0.15) is 35.6 Å². The quantitative estimate of drug-likeness (QED) is 0.517. The zero-order valence-electron chi connectivity index (χ0n) is 17.2. The van der Waals surface area contributed by atoms with Gasteiger partial charge in [-0.3, -0.25) is 13.9 Å². The molecule has 0 aromatic heterocycles. The van der Waals surface area contributed by atoms with E-state index in [2.05, 4.69) is 5.32 Å². The number of sulfone groups is 1. The van der Waals surface area contributed by atoms with Crippen LogP contribution in [0.4, 0.5) is 0 Å². The Morgan fingerprint density at radius 2 is 1.87 bits per heavy atom. The molecule has 1 atom stereocenters. The van der Waals surface area contributed by atoms with Crippen LogP contribution in [0.15, 0.2) is 58.3 Å². The lowest BCUT2D eigenvalue weighted by Crippen LogP contribution is -2.28. The van der Waals surface area contributed by atoms with Crippen molar-refractivity contribution in [2.75, 3.05) is 25.4 Å². The summed E-state index contributed by atoms with van der Waals surface area (Å²) in [4.78, 5) is 14.1. The number of hydrogen-bond donors (Lipinski definition) is 3. The van der Waals surface area contributed by atoms with E-state index in [0.29, 0.717) is 36.5 Å². The van der Waals surface area contributed by atoms with Crippen molar-refractivity contribution >= 4 is 26.3 Å². The van der Waals surface area contributed by atoms with Crippen molar-refractivity contribution in [3.63, 3.8) is 0 Å². The Balaban J connectivity index is 1.51. The zero-order chi connectivity index (χ0) is 22.1. The number of rotatable bonds is 8. The molecule has 0 aliphatic carbocycles. The second-order valence-electron chi connectivity index (χ2n) is 8.02. The van der Waals surface area contributed by atoms with Gasteiger partial charge in [0.25, 0.3) is 0 Å². The minimum atomic E-state index is -3.77. The highest BCUT2D eigenvalue weighted by molar-refractivity contribution is 8.25.